The molecule has 1 unspecified atom stereocenters. The highest BCUT2D eigenvalue weighted by Crippen LogP contribution is 2.39. The number of pyridine rings is 2. The number of hydrogen-bond donors (Lipinski definition) is 0. The number of carbonyl (C=O) groups is 1. The molecule has 0 N–H and O–H groups in total. The fraction of sp³-hybridized carbons (Fsp3) is 0.370. The minimum Gasteiger partial charge on any atom is -0.619 e. The Balaban J connectivity index is 1.47. The highest BCUT2D eigenvalue weighted by Gasteiger charge is 2.42. The summed E-state index contributed by atoms with van der Waals surface area (Å²) in [6, 6.07) is 6.97. The summed E-state index contributed by atoms with van der Waals surface area (Å²) in [4.78, 5) is 17.4. The van der Waals surface area contributed by atoms with Crippen LogP contribution in [0, 0.1) is 11.1 Å². The van der Waals surface area contributed by atoms with Crippen molar-refractivity contribution >= 4 is 51.0 Å². The van der Waals surface area contributed by atoms with Crippen LogP contribution >= 0.6 is 35.0 Å². The summed E-state index contributed by atoms with van der Waals surface area (Å²) < 4.78 is 70.7. The van der Waals surface area contributed by atoms with Gasteiger partial charge in [-0.25, -0.2) is 13.2 Å². The molecule has 230 valence electrons. The van der Waals surface area contributed by atoms with Gasteiger partial charge in [-0.3, -0.25) is 4.98 Å². The van der Waals surface area contributed by atoms with E-state index in [2.05, 4.69) is 9.72 Å². The van der Waals surface area contributed by atoms with Crippen LogP contribution in [0.3, 0.4) is 0 Å². The van der Waals surface area contributed by atoms with Gasteiger partial charge in [-0.15, -0.1) is 11.8 Å². The third-order valence-corrected chi connectivity index (χ3v) is 10.5. The first-order valence-corrected chi connectivity index (χ1v) is 16.3. The number of thioether (sulfide) groups is 1. The first-order valence-electron chi connectivity index (χ1n) is 13.0. The third kappa shape index (κ3) is 7.60. The maximum Gasteiger partial charge on any atom is 0.387 e. The Bertz CT molecular complexity index is 1560. The van der Waals surface area contributed by atoms with Gasteiger partial charge in [0, 0.05) is 36.7 Å². The van der Waals surface area contributed by atoms with Gasteiger partial charge in [0.05, 0.1) is 6.61 Å². The van der Waals surface area contributed by atoms with Gasteiger partial charge < -0.3 is 19.4 Å². The van der Waals surface area contributed by atoms with E-state index in [0.717, 1.165) is 41.3 Å². The van der Waals surface area contributed by atoms with E-state index in [-0.39, 0.29) is 51.6 Å². The van der Waals surface area contributed by atoms with E-state index in [0.29, 0.717) is 22.0 Å². The first kappa shape index (κ1) is 31.5. The Labute approximate surface area is 260 Å². The molecule has 1 saturated carbocycles. The highest BCUT2D eigenvalue weighted by molar-refractivity contribution is 8.02. The quantitative estimate of drug-likeness (QED) is 0.148. The lowest BCUT2D eigenvalue weighted by molar-refractivity contribution is -0.605. The maximum atomic E-state index is 13.6. The summed E-state index contributed by atoms with van der Waals surface area (Å²) in [7, 11) is -4.08. The number of esters is 1. The van der Waals surface area contributed by atoms with Crippen LogP contribution in [0.4, 0.5) is 8.78 Å². The number of ether oxygens (including phenoxy) is 3. The Morgan fingerprint density at radius 1 is 1.19 bits per heavy atom. The van der Waals surface area contributed by atoms with Crippen LogP contribution in [0.2, 0.25) is 10.0 Å². The summed E-state index contributed by atoms with van der Waals surface area (Å²) in [6.07, 6.45) is 5.42. The molecule has 10 nitrogen and oxygen atoms in total. The third-order valence-electron chi connectivity index (χ3n) is 6.72. The average Bonchev–Trinajstić information content (AvgIpc) is 3.65. The molecule has 43 heavy (non-hydrogen) atoms. The van der Waals surface area contributed by atoms with E-state index in [1.807, 2.05) is 0 Å². The van der Waals surface area contributed by atoms with Crippen LogP contribution in [-0.4, -0.2) is 54.6 Å². The first-order chi connectivity index (χ1) is 20.5. The average molecular weight is 677 g/mol. The van der Waals surface area contributed by atoms with Gasteiger partial charge >= 0.3 is 12.6 Å². The number of carbonyl (C=O) groups excluding carboxylic acids is 1. The van der Waals surface area contributed by atoms with E-state index in [4.69, 9.17) is 32.7 Å². The molecule has 2 fully saturated rings. The van der Waals surface area contributed by atoms with Crippen LogP contribution in [-0.2, 0) is 26.0 Å². The number of nitrogens with zero attached hydrogens (tertiary/aromatic N) is 3. The van der Waals surface area contributed by atoms with Gasteiger partial charge in [0.15, 0.2) is 29.3 Å². The zero-order chi connectivity index (χ0) is 30.7. The van der Waals surface area contributed by atoms with Crippen LogP contribution < -0.4 is 14.2 Å². The predicted molar refractivity (Wildman–Crippen MR) is 154 cm³/mol. The molecule has 1 aliphatic carbocycles. The standard InChI is InChI=1S/C27H25Cl2F2N3O7S2/c28-20-13-33(36)14-21(29)19(20)11-23(17-5-6-22(41-27(30)31)24(10-17)39-15-16-3-4-16)40-26(35)25-34(8-9-42-25)43(37,38)18-2-1-7-32-12-18/h1-2,5-7,10,12-14,16,23,25,27H,3-4,8-9,11,15H2/t23-,25?/m0/s1. The molecule has 2 aliphatic rings. The molecule has 1 saturated heterocycles. The topological polar surface area (TPSA) is 122 Å². The van der Waals surface area contributed by atoms with Crippen molar-refractivity contribution in [2.75, 3.05) is 18.9 Å². The Kier molecular flexibility index (Phi) is 9.81. The summed E-state index contributed by atoms with van der Waals surface area (Å²) >= 11 is 13.7. The molecule has 0 spiro atoms. The predicted octanol–water partition coefficient (Wildman–Crippen LogP) is 5.00. The molecule has 2 aromatic heterocycles. The van der Waals surface area contributed by atoms with Crippen molar-refractivity contribution in [2.45, 2.75) is 42.2 Å². The molecule has 0 amide bonds. The molecule has 0 bridgehead atoms. The van der Waals surface area contributed by atoms with Crippen molar-refractivity contribution in [3.63, 3.8) is 0 Å². The number of rotatable bonds is 12. The van der Waals surface area contributed by atoms with Gasteiger partial charge in [-0.05, 0) is 48.6 Å². The van der Waals surface area contributed by atoms with Crippen molar-refractivity contribution in [2.24, 2.45) is 5.92 Å². The summed E-state index contributed by atoms with van der Waals surface area (Å²) in [6.45, 7) is -2.76. The van der Waals surface area contributed by atoms with Gasteiger partial charge in [-0.1, -0.05) is 29.3 Å². The Morgan fingerprint density at radius 3 is 2.58 bits per heavy atom. The number of aromatic nitrogens is 2. The van der Waals surface area contributed by atoms with Gasteiger partial charge in [0.2, 0.25) is 10.0 Å². The monoisotopic (exact) mass is 675 g/mol. The van der Waals surface area contributed by atoms with E-state index < -0.39 is 34.1 Å². The molecule has 1 aromatic carbocycles. The van der Waals surface area contributed by atoms with E-state index in [1.165, 1.54) is 42.7 Å². The van der Waals surface area contributed by atoms with Crippen LogP contribution in [0.25, 0.3) is 0 Å². The second-order valence-corrected chi connectivity index (χ2v) is 13.7. The van der Waals surface area contributed by atoms with Crippen LogP contribution in [0.1, 0.15) is 30.1 Å². The van der Waals surface area contributed by atoms with Crippen molar-refractivity contribution in [1.29, 1.82) is 0 Å². The van der Waals surface area contributed by atoms with Crippen molar-refractivity contribution in [3.05, 3.63) is 81.5 Å². The maximum absolute atomic E-state index is 13.6. The molecule has 2 atom stereocenters. The van der Waals surface area contributed by atoms with Crippen LogP contribution in [0.15, 0.2) is 60.0 Å². The summed E-state index contributed by atoms with van der Waals surface area (Å²) in [5, 5.41) is 10.6. The smallest absolute Gasteiger partial charge is 0.387 e. The number of alkyl halides is 2. The van der Waals surface area contributed by atoms with E-state index in [9.17, 15) is 27.2 Å². The lowest BCUT2D eigenvalue weighted by Crippen LogP contribution is -2.40. The second-order valence-electron chi connectivity index (χ2n) is 9.79. The molecule has 0 radical (unpaired) electrons. The molecule has 5 rings (SSSR count). The number of benzene rings is 1. The van der Waals surface area contributed by atoms with Gasteiger partial charge in [0.1, 0.15) is 21.0 Å². The fourth-order valence-corrected chi connectivity index (χ4v) is 7.99. The zero-order valence-corrected chi connectivity index (χ0v) is 25.4. The van der Waals surface area contributed by atoms with Crippen LogP contribution in [0.5, 0.6) is 11.5 Å². The van der Waals surface area contributed by atoms with E-state index >= 15 is 0 Å². The minimum absolute atomic E-state index is 0.00225. The molecule has 1 aliphatic heterocycles. The van der Waals surface area contributed by atoms with Crippen molar-refractivity contribution in [1.82, 2.24) is 9.29 Å². The van der Waals surface area contributed by atoms with Crippen molar-refractivity contribution in [3.8, 4) is 11.5 Å². The summed E-state index contributed by atoms with van der Waals surface area (Å²) in [5.74, 6) is -0.417. The Hall–Kier alpha value is -2.91. The van der Waals surface area contributed by atoms with Crippen molar-refractivity contribution < 1.29 is 40.9 Å². The number of hydrogen-bond acceptors (Lipinski definition) is 9. The highest BCUT2D eigenvalue weighted by atomic mass is 35.5. The van der Waals surface area contributed by atoms with Gasteiger partial charge in [0.25, 0.3) is 0 Å². The Morgan fingerprint density at radius 2 is 1.93 bits per heavy atom. The normalized spacial score (nSPS) is 18.0. The summed E-state index contributed by atoms with van der Waals surface area (Å²) in [5.41, 5.74) is 0.594. The minimum atomic E-state index is -4.08. The lowest BCUT2D eigenvalue weighted by Gasteiger charge is -2.26. The molecule has 16 heteroatoms. The fourth-order valence-electron chi connectivity index (χ4n) is 4.38. The second kappa shape index (κ2) is 13.4. The molecular weight excluding hydrogens is 651 g/mol. The number of sulfonamides is 1. The molecule has 3 heterocycles. The zero-order valence-electron chi connectivity index (χ0n) is 22.3. The SMILES string of the molecule is O=C(O[C@@H](Cc1c(Cl)c[n+]([O-])cc1Cl)c1ccc(OC(F)F)c(OCC2CC2)c1)C1SCCN1S(=O)(=O)c1cccnc1. The molecule has 3 aromatic rings. The van der Waals surface area contributed by atoms with E-state index in [1.54, 1.807) is 0 Å². The molecular formula is C27H25Cl2F2N3O7S2. The lowest BCUT2D eigenvalue weighted by atomic mass is 10.0. The number of halogens is 4. The largest absolute Gasteiger partial charge is 0.619 e. The van der Waals surface area contributed by atoms with Gasteiger partial charge in [-0.2, -0.15) is 17.8 Å².